The van der Waals surface area contributed by atoms with Crippen molar-refractivity contribution in [2.45, 2.75) is 12.8 Å². The van der Waals surface area contributed by atoms with E-state index in [1.54, 1.807) is 18.2 Å². The summed E-state index contributed by atoms with van der Waals surface area (Å²) in [5.41, 5.74) is 1.17. The molecule has 6 nitrogen and oxygen atoms in total. The number of hydrogen-bond donors (Lipinski definition) is 2. The fourth-order valence-corrected chi connectivity index (χ4v) is 3.10. The SMILES string of the molecule is CNCC1CCCN(C(=O)c2ccc3c(c2)NC(=O)CO3)C1. The lowest BCUT2D eigenvalue weighted by Crippen LogP contribution is -2.42. The molecule has 118 valence electrons. The van der Waals surface area contributed by atoms with Crippen LogP contribution in [0.4, 0.5) is 5.69 Å². The van der Waals surface area contributed by atoms with Gasteiger partial charge in [0.2, 0.25) is 0 Å². The number of carbonyl (C=O) groups is 2. The van der Waals surface area contributed by atoms with Crippen LogP contribution in [0, 0.1) is 5.92 Å². The highest BCUT2D eigenvalue weighted by molar-refractivity contribution is 5.99. The van der Waals surface area contributed by atoms with Crippen molar-refractivity contribution < 1.29 is 14.3 Å². The van der Waals surface area contributed by atoms with E-state index < -0.39 is 0 Å². The number of nitrogens with zero attached hydrogens (tertiary/aromatic N) is 1. The molecule has 1 saturated heterocycles. The minimum atomic E-state index is -0.191. The van der Waals surface area contributed by atoms with Crippen LogP contribution < -0.4 is 15.4 Å². The number of ether oxygens (including phenoxy) is 1. The number of nitrogens with one attached hydrogen (secondary N) is 2. The van der Waals surface area contributed by atoms with Crippen LogP contribution >= 0.6 is 0 Å². The number of hydrogen-bond acceptors (Lipinski definition) is 4. The van der Waals surface area contributed by atoms with E-state index in [0.717, 1.165) is 32.5 Å². The van der Waals surface area contributed by atoms with Crippen molar-refractivity contribution >= 4 is 17.5 Å². The molecule has 1 aromatic rings. The van der Waals surface area contributed by atoms with Crippen LogP contribution in [0.15, 0.2) is 18.2 Å². The summed E-state index contributed by atoms with van der Waals surface area (Å²) >= 11 is 0. The first-order valence-corrected chi connectivity index (χ1v) is 7.68. The fraction of sp³-hybridized carbons (Fsp3) is 0.500. The predicted molar refractivity (Wildman–Crippen MR) is 83.1 cm³/mol. The highest BCUT2D eigenvalue weighted by atomic mass is 16.5. The van der Waals surface area contributed by atoms with Gasteiger partial charge in [0.05, 0.1) is 5.69 Å². The Kier molecular flexibility index (Phi) is 4.29. The number of amides is 2. The van der Waals surface area contributed by atoms with Crippen LogP contribution in [-0.4, -0.2) is 50.0 Å². The van der Waals surface area contributed by atoms with Crippen LogP contribution in [0.3, 0.4) is 0 Å². The molecule has 6 heteroatoms. The average molecular weight is 303 g/mol. The maximum Gasteiger partial charge on any atom is 0.262 e. The smallest absolute Gasteiger partial charge is 0.262 e. The standard InChI is InChI=1S/C16H21N3O3/c1-17-8-11-3-2-6-19(9-11)16(21)12-4-5-14-13(7-12)18-15(20)10-22-14/h4-5,7,11,17H,2-3,6,8-10H2,1H3,(H,18,20). The molecule has 0 saturated carbocycles. The van der Waals surface area contributed by atoms with Crippen molar-refractivity contribution in [1.29, 1.82) is 0 Å². The summed E-state index contributed by atoms with van der Waals surface area (Å²) in [6.07, 6.45) is 2.18. The van der Waals surface area contributed by atoms with Crippen LogP contribution in [0.1, 0.15) is 23.2 Å². The molecule has 22 heavy (non-hydrogen) atoms. The lowest BCUT2D eigenvalue weighted by Gasteiger charge is -2.33. The van der Waals surface area contributed by atoms with E-state index in [0.29, 0.717) is 22.9 Å². The zero-order valence-corrected chi connectivity index (χ0v) is 12.7. The van der Waals surface area contributed by atoms with Gasteiger partial charge in [0.25, 0.3) is 11.8 Å². The van der Waals surface area contributed by atoms with Gasteiger partial charge in [0.15, 0.2) is 6.61 Å². The molecule has 2 aliphatic heterocycles. The number of benzene rings is 1. The Hall–Kier alpha value is -2.08. The lowest BCUT2D eigenvalue weighted by atomic mass is 9.97. The van der Waals surface area contributed by atoms with Gasteiger partial charge in [-0.2, -0.15) is 0 Å². The number of likely N-dealkylation sites (tertiary alicyclic amines) is 1. The van der Waals surface area contributed by atoms with Crippen molar-refractivity contribution in [3.8, 4) is 5.75 Å². The molecule has 1 unspecified atom stereocenters. The van der Waals surface area contributed by atoms with E-state index in [1.807, 2.05) is 11.9 Å². The molecule has 0 bridgehead atoms. The summed E-state index contributed by atoms with van der Waals surface area (Å²) in [6.45, 7) is 2.52. The minimum Gasteiger partial charge on any atom is -0.482 e. The number of piperidine rings is 1. The third-order valence-corrected chi connectivity index (χ3v) is 4.16. The molecule has 0 aliphatic carbocycles. The second kappa shape index (κ2) is 6.36. The summed E-state index contributed by atoms with van der Waals surface area (Å²) < 4.78 is 5.32. The number of carbonyl (C=O) groups excluding carboxylic acids is 2. The topological polar surface area (TPSA) is 70.7 Å². The lowest BCUT2D eigenvalue weighted by molar-refractivity contribution is -0.118. The molecule has 0 aromatic heterocycles. The van der Waals surface area contributed by atoms with Gasteiger partial charge in [-0.25, -0.2) is 0 Å². The van der Waals surface area contributed by atoms with E-state index in [-0.39, 0.29) is 18.4 Å². The van der Waals surface area contributed by atoms with Crippen LogP contribution in [0.5, 0.6) is 5.75 Å². The largest absolute Gasteiger partial charge is 0.482 e. The number of anilines is 1. The van der Waals surface area contributed by atoms with Gasteiger partial charge in [0.1, 0.15) is 5.75 Å². The maximum atomic E-state index is 12.7. The highest BCUT2D eigenvalue weighted by Crippen LogP contribution is 2.29. The zero-order valence-electron chi connectivity index (χ0n) is 12.7. The molecule has 1 atom stereocenters. The summed E-state index contributed by atoms with van der Waals surface area (Å²) in [4.78, 5) is 26.0. The average Bonchev–Trinajstić information content (AvgIpc) is 2.54. The molecular formula is C16H21N3O3. The van der Waals surface area contributed by atoms with E-state index in [4.69, 9.17) is 4.74 Å². The molecule has 1 fully saturated rings. The second-order valence-electron chi connectivity index (χ2n) is 5.86. The third-order valence-electron chi connectivity index (χ3n) is 4.16. The Balaban J connectivity index is 1.74. The highest BCUT2D eigenvalue weighted by Gasteiger charge is 2.25. The van der Waals surface area contributed by atoms with Gasteiger partial charge < -0.3 is 20.3 Å². The summed E-state index contributed by atoms with van der Waals surface area (Å²) in [5.74, 6) is 0.943. The zero-order chi connectivity index (χ0) is 15.5. The summed E-state index contributed by atoms with van der Waals surface area (Å²) in [6, 6.07) is 5.22. The molecule has 0 spiro atoms. The molecular weight excluding hydrogens is 282 g/mol. The van der Waals surface area contributed by atoms with Gasteiger partial charge in [-0.1, -0.05) is 0 Å². The molecule has 3 rings (SSSR count). The van der Waals surface area contributed by atoms with Crippen molar-refractivity contribution in [2.24, 2.45) is 5.92 Å². The Labute approximate surface area is 129 Å². The van der Waals surface area contributed by atoms with Gasteiger partial charge >= 0.3 is 0 Å². The van der Waals surface area contributed by atoms with Crippen LogP contribution in [-0.2, 0) is 4.79 Å². The van der Waals surface area contributed by atoms with Crippen molar-refractivity contribution in [2.75, 3.05) is 38.6 Å². The molecule has 2 aliphatic rings. The minimum absolute atomic E-state index is 0.0171. The van der Waals surface area contributed by atoms with Gasteiger partial charge in [-0.15, -0.1) is 0 Å². The van der Waals surface area contributed by atoms with Gasteiger partial charge in [0, 0.05) is 18.7 Å². The van der Waals surface area contributed by atoms with E-state index in [1.165, 1.54) is 0 Å². The van der Waals surface area contributed by atoms with Crippen molar-refractivity contribution in [1.82, 2.24) is 10.2 Å². The van der Waals surface area contributed by atoms with Crippen molar-refractivity contribution in [3.05, 3.63) is 23.8 Å². The Morgan fingerprint density at radius 3 is 3.18 bits per heavy atom. The van der Waals surface area contributed by atoms with Crippen molar-refractivity contribution in [3.63, 3.8) is 0 Å². The predicted octanol–water partition coefficient (Wildman–Crippen LogP) is 1.09. The monoisotopic (exact) mass is 303 g/mol. The normalized spacial score (nSPS) is 20.9. The molecule has 0 radical (unpaired) electrons. The first kappa shape index (κ1) is 14.8. The second-order valence-corrected chi connectivity index (χ2v) is 5.86. The molecule has 2 heterocycles. The van der Waals surface area contributed by atoms with Crippen LogP contribution in [0.25, 0.3) is 0 Å². The van der Waals surface area contributed by atoms with E-state index in [9.17, 15) is 9.59 Å². The number of rotatable bonds is 3. The summed E-state index contributed by atoms with van der Waals surface area (Å²) in [7, 11) is 1.94. The quantitative estimate of drug-likeness (QED) is 0.877. The van der Waals surface area contributed by atoms with Gasteiger partial charge in [-0.05, 0) is 50.6 Å². The van der Waals surface area contributed by atoms with E-state index in [2.05, 4.69) is 10.6 Å². The van der Waals surface area contributed by atoms with Crippen LogP contribution in [0.2, 0.25) is 0 Å². The maximum absolute atomic E-state index is 12.7. The number of fused-ring (bicyclic) bond motifs is 1. The van der Waals surface area contributed by atoms with Gasteiger partial charge in [-0.3, -0.25) is 9.59 Å². The fourth-order valence-electron chi connectivity index (χ4n) is 3.10. The third kappa shape index (κ3) is 3.06. The Morgan fingerprint density at radius 1 is 1.50 bits per heavy atom. The Bertz CT molecular complexity index is 586. The Morgan fingerprint density at radius 2 is 2.36 bits per heavy atom. The summed E-state index contributed by atoms with van der Waals surface area (Å²) in [5, 5.41) is 5.92. The molecule has 2 amide bonds. The molecule has 2 N–H and O–H groups in total. The molecule has 1 aromatic carbocycles. The first-order valence-electron chi connectivity index (χ1n) is 7.68. The first-order chi connectivity index (χ1) is 10.7. The van der Waals surface area contributed by atoms with E-state index >= 15 is 0 Å².